The molecule has 28 heavy (non-hydrogen) atoms. The van der Waals surface area contributed by atoms with Gasteiger partial charge in [0.2, 0.25) is 18.6 Å². The number of carbonyl (C=O) groups is 2. The van der Waals surface area contributed by atoms with Gasteiger partial charge in [-0.15, -0.1) is 0 Å². The lowest BCUT2D eigenvalue weighted by molar-refractivity contribution is -0.135. The van der Waals surface area contributed by atoms with Gasteiger partial charge in [-0.05, 0) is 52.0 Å². The van der Waals surface area contributed by atoms with Crippen LogP contribution in [0.1, 0.15) is 27.7 Å². The van der Waals surface area contributed by atoms with Crippen molar-refractivity contribution in [3.63, 3.8) is 0 Å². The van der Waals surface area contributed by atoms with Crippen molar-refractivity contribution in [2.45, 2.75) is 33.8 Å². The summed E-state index contributed by atoms with van der Waals surface area (Å²) in [7, 11) is 0. The molecule has 148 valence electrons. The van der Waals surface area contributed by atoms with Gasteiger partial charge in [-0.2, -0.15) is 0 Å². The lowest BCUT2D eigenvalue weighted by atomic mass is 9.90. The summed E-state index contributed by atoms with van der Waals surface area (Å²) >= 11 is 0. The van der Waals surface area contributed by atoms with Crippen LogP contribution in [0.25, 0.3) is 0 Å². The summed E-state index contributed by atoms with van der Waals surface area (Å²) in [5.41, 5.74) is -0.273. The molecule has 0 radical (unpaired) electrons. The van der Waals surface area contributed by atoms with Crippen LogP contribution in [0.3, 0.4) is 0 Å². The number of para-hydroxylation sites is 2. The van der Waals surface area contributed by atoms with Crippen LogP contribution >= 0.6 is 0 Å². The maximum Gasteiger partial charge on any atom is 0.239 e. The molecule has 2 aromatic rings. The topological polar surface area (TPSA) is 85.9 Å². The summed E-state index contributed by atoms with van der Waals surface area (Å²) in [5, 5.41) is 5.55. The summed E-state index contributed by atoms with van der Waals surface area (Å²) in [5.74, 6) is 0.853. The normalized spacial score (nSPS) is 12.6. The molecule has 7 heteroatoms. The van der Waals surface area contributed by atoms with E-state index in [1.165, 1.54) is 0 Å². The van der Waals surface area contributed by atoms with Crippen LogP contribution in [0.4, 0.5) is 11.4 Å². The zero-order chi connectivity index (χ0) is 20.3. The Labute approximate surface area is 164 Å². The van der Waals surface area contributed by atoms with Crippen LogP contribution in [0, 0.1) is 5.41 Å². The molecule has 0 saturated heterocycles. The van der Waals surface area contributed by atoms with Crippen LogP contribution in [0.15, 0.2) is 42.5 Å². The zero-order valence-corrected chi connectivity index (χ0v) is 16.4. The summed E-state index contributed by atoms with van der Waals surface area (Å²) in [6, 6.07) is 12.2. The molecule has 0 unspecified atom stereocenters. The van der Waals surface area contributed by atoms with Crippen molar-refractivity contribution in [1.82, 2.24) is 0 Å². The maximum atomic E-state index is 12.8. The molecule has 2 N–H and O–H groups in total. The van der Waals surface area contributed by atoms with E-state index >= 15 is 0 Å². The highest BCUT2D eigenvalue weighted by Gasteiger charge is 2.36. The van der Waals surface area contributed by atoms with Crippen LogP contribution < -0.4 is 24.8 Å². The smallest absolute Gasteiger partial charge is 0.239 e. The Morgan fingerprint density at radius 1 is 1.00 bits per heavy atom. The molecule has 1 aliphatic rings. The van der Waals surface area contributed by atoms with Crippen LogP contribution in [-0.4, -0.2) is 24.7 Å². The van der Waals surface area contributed by atoms with Crippen LogP contribution in [0.5, 0.6) is 17.2 Å². The fourth-order valence-corrected chi connectivity index (χ4v) is 2.57. The molecule has 7 nitrogen and oxygen atoms in total. The zero-order valence-electron chi connectivity index (χ0n) is 16.4. The quantitative estimate of drug-likeness (QED) is 0.740. The van der Waals surface area contributed by atoms with Gasteiger partial charge >= 0.3 is 0 Å². The van der Waals surface area contributed by atoms with Crippen molar-refractivity contribution in [3.05, 3.63) is 42.5 Å². The Balaban J connectivity index is 1.71. The molecular formula is C21H24N2O5. The molecule has 1 aliphatic heterocycles. The van der Waals surface area contributed by atoms with Gasteiger partial charge in [0.15, 0.2) is 11.5 Å². The summed E-state index contributed by atoms with van der Waals surface area (Å²) < 4.78 is 16.3. The number of benzene rings is 2. The van der Waals surface area contributed by atoms with Gasteiger partial charge < -0.3 is 24.8 Å². The first-order chi connectivity index (χ1) is 13.3. The van der Waals surface area contributed by atoms with Gasteiger partial charge in [0.25, 0.3) is 0 Å². The van der Waals surface area contributed by atoms with Gasteiger partial charge in [0.05, 0.1) is 11.8 Å². The van der Waals surface area contributed by atoms with Gasteiger partial charge in [-0.3, -0.25) is 9.59 Å². The molecule has 0 aliphatic carbocycles. The first-order valence-electron chi connectivity index (χ1n) is 9.05. The second-order valence-corrected chi connectivity index (χ2v) is 7.26. The Bertz CT molecular complexity index is 892. The van der Waals surface area contributed by atoms with Gasteiger partial charge in [0.1, 0.15) is 11.2 Å². The average Bonchev–Trinajstić information content (AvgIpc) is 3.10. The fraction of sp³-hybridized carbons (Fsp3) is 0.333. The van der Waals surface area contributed by atoms with E-state index in [4.69, 9.17) is 14.2 Å². The van der Waals surface area contributed by atoms with E-state index < -0.39 is 17.2 Å². The highest BCUT2D eigenvalue weighted by Crippen LogP contribution is 2.35. The van der Waals surface area contributed by atoms with E-state index in [9.17, 15) is 9.59 Å². The monoisotopic (exact) mass is 384 g/mol. The van der Waals surface area contributed by atoms with E-state index in [2.05, 4.69) is 10.6 Å². The first-order valence-corrected chi connectivity index (χ1v) is 9.05. The lowest BCUT2D eigenvalue weighted by Crippen LogP contribution is -2.41. The second kappa shape index (κ2) is 7.80. The number of amides is 2. The van der Waals surface area contributed by atoms with Gasteiger partial charge in [-0.1, -0.05) is 12.1 Å². The van der Waals surface area contributed by atoms with Crippen molar-refractivity contribution in [2.24, 2.45) is 5.41 Å². The highest BCUT2D eigenvalue weighted by molar-refractivity contribution is 6.14. The van der Waals surface area contributed by atoms with Crippen LogP contribution in [-0.2, 0) is 9.59 Å². The van der Waals surface area contributed by atoms with E-state index in [0.717, 1.165) is 0 Å². The summed E-state index contributed by atoms with van der Waals surface area (Å²) in [4.78, 5) is 25.6. The molecule has 0 saturated carbocycles. The predicted molar refractivity (Wildman–Crippen MR) is 106 cm³/mol. The molecule has 0 atom stereocenters. The lowest BCUT2D eigenvalue weighted by Gasteiger charge is -2.24. The van der Waals surface area contributed by atoms with Crippen LogP contribution in [0.2, 0.25) is 0 Å². The van der Waals surface area contributed by atoms with E-state index in [0.29, 0.717) is 28.6 Å². The van der Waals surface area contributed by atoms with Crippen molar-refractivity contribution < 1.29 is 23.8 Å². The number of carbonyl (C=O) groups excluding carboxylic acids is 2. The minimum atomic E-state index is -1.32. The van der Waals surface area contributed by atoms with Crippen molar-refractivity contribution in [1.29, 1.82) is 0 Å². The molecule has 3 rings (SSSR count). The minimum Gasteiger partial charge on any atom is -0.489 e. The largest absolute Gasteiger partial charge is 0.489 e. The Hall–Kier alpha value is -3.22. The Morgan fingerprint density at radius 3 is 2.43 bits per heavy atom. The molecule has 1 heterocycles. The predicted octanol–water partition coefficient (Wildman–Crippen LogP) is 3.81. The number of rotatable bonds is 6. The van der Waals surface area contributed by atoms with Crippen molar-refractivity contribution in [2.75, 3.05) is 17.4 Å². The maximum absolute atomic E-state index is 12.8. The molecule has 0 spiro atoms. The number of fused-ring (bicyclic) bond motifs is 1. The first kappa shape index (κ1) is 19.5. The fourth-order valence-electron chi connectivity index (χ4n) is 2.57. The van der Waals surface area contributed by atoms with Crippen molar-refractivity contribution >= 4 is 23.2 Å². The third-order valence-corrected chi connectivity index (χ3v) is 4.26. The summed E-state index contributed by atoms with van der Waals surface area (Å²) in [6.45, 7) is 7.09. The third kappa shape index (κ3) is 4.19. The number of anilines is 2. The third-order valence-electron chi connectivity index (χ3n) is 4.26. The van der Waals surface area contributed by atoms with Gasteiger partial charge in [0, 0.05) is 11.8 Å². The molecular weight excluding hydrogens is 360 g/mol. The van der Waals surface area contributed by atoms with Crippen molar-refractivity contribution in [3.8, 4) is 17.2 Å². The van der Waals surface area contributed by atoms with E-state index in [1.807, 2.05) is 19.9 Å². The standard InChI is InChI=1S/C21H24N2O5/c1-13(2)28-16-8-6-5-7-15(16)23-20(25)21(3,4)19(24)22-14-9-10-17-18(11-14)27-12-26-17/h5-11,13H,12H2,1-4H3,(H,22,24)(H,23,25). The minimum absolute atomic E-state index is 0.0413. The number of nitrogens with one attached hydrogen (secondary N) is 2. The van der Waals surface area contributed by atoms with Gasteiger partial charge in [-0.25, -0.2) is 0 Å². The molecule has 2 amide bonds. The average molecular weight is 384 g/mol. The van der Waals surface area contributed by atoms with E-state index in [1.54, 1.807) is 50.2 Å². The summed E-state index contributed by atoms with van der Waals surface area (Å²) in [6.07, 6.45) is -0.0413. The number of hydrogen-bond donors (Lipinski definition) is 2. The molecule has 0 aromatic heterocycles. The molecule has 2 aromatic carbocycles. The Kier molecular flexibility index (Phi) is 5.44. The Morgan fingerprint density at radius 2 is 1.68 bits per heavy atom. The number of hydrogen-bond acceptors (Lipinski definition) is 5. The second-order valence-electron chi connectivity index (χ2n) is 7.26. The molecule has 0 bridgehead atoms. The van der Waals surface area contributed by atoms with E-state index in [-0.39, 0.29) is 12.9 Å². The molecule has 0 fully saturated rings. The highest BCUT2D eigenvalue weighted by atomic mass is 16.7. The number of ether oxygens (including phenoxy) is 3. The SMILES string of the molecule is CC(C)Oc1ccccc1NC(=O)C(C)(C)C(=O)Nc1ccc2c(c1)OCO2.